The molecule has 0 spiro atoms. The van der Waals surface area contributed by atoms with Gasteiger partial charge in [0.05, 0.1) is 19.0 Å². The molecule has 0 aliphatic carbocycles. The van der Waals surface area contributed by atoms with Crippen molar-refractivity contribution in [1.82, 2.24) is 19.4 Å². The first-order valence-electron chi connectivity index (χ1n) is 7.26. The summed E-state index contributed by atoms with van der Waals surface area (Å²) >= 11 is 0. The van der Waals surface area contributed by atoms with E-state index < -0.39 is 11.9 Å². The molecule has 8 heteroatoms. The van der Waals surface area contributed by atoms with E-state index in [4.69, 9.17) is 9.84 Å². The van der Waals surface area contributed by atoms with Gasteiger partial charge in [-0.15, -0.1) is 0 Å². The number of aliphatic hydroxyl groups is 1. The average Bonchev–Trinajstić information content (AvgIpc) is 3.16. The topological polar surface area (TPSA) is 92.8 Å². The fourth-order valence-corrected chi connectivity index (χ4v) is 2.61. The van der Waals surface area contributed by atoms with E-state index in [9.17, 15) is 4.79 Å². The van der Waals surface area contributed by atoms with Crippen molar-refractivity contribution >= 4 is 12.3 Å². The van der Waals surface area contributed by atoms with Gasteiger partial charge < -0.3 is 14.7 Å². The van der Waals surface area contributed by atoms with E-state index in [0.717, 1.165) is 19.5 Å². The van der Waals surface area contributed by atoms with E-state index in [2.05, 4.69) is 19.9 Å². The summed E-state index contributed by atoms with van der Waals surface area (Å²) < 4.78 is 6.90. The molecule has 3 rings (SSSR count). The Hall–Kier alpha value is -1.80. The molecule has 1 aromatic heterocycles. The van der Waals surface area contributed by atoms with Gasteiger partial charge in [0.1, 0.15) is 12.6 Å². The van der Waals surface area contributed by atoms with Gasteiger partial charge in [-0.3, -0.25) is 4.57 Å². The quantitative estimate of drug-likeness (QED) is 0.623. The third-order valence-electron chi connectivity index (χ3n) is 3.79. The Bertz CT molecular complexity index is 567. The van der Waals surface area contributed by atoms with Crippen LogP contribution in [0.5, 0.6) is 0 Å². The molecule has 3 heterocycles. The molecule has 2 unspecified atom stereocenters. The van der Waals surface area contributed by atoms with Crippen LogP contribution in [0.25, 0.3) is 0 Å². The first kappa shape index (κ1) is 14.2. The number of hydrogen-bond acceptors (Lipinski definition) is 6. The number of aliphatic hydroxyl groups excluding tert-OH is 1. The van der Waals surface area contributed by atoms with Crippen LogP contribution in [-0.4, -0.2) is 56.7 Å². The Morgan fingerprint density at radius 1 is 1.43 bits per heavy atom. The SMILES string of the molecule is O=c1nc(/N=C/N2CCCC2)ncn1C1CCC(CO)O1. The van der Waals surface area contributed by atoms with Gasteiger partial charge in [-0.25, -0.2) is 14.8 Å². The Labute approximate surface area is 122 Å². The highest BCUT2D eigenvalue weighted by Gasteiger charge is 2.27. The predicted octanol–water partition coefficient (Wildman–Crippen LogP) is 0.0638. The third kappa shape index (κ3) is 3.27. The zero-order valence-electron chi connectivity index (χ0n) is 11.8. The summed E-state index contributed by atoms with van der Waals surface area (Å²) in [4.78, 5) is 26.2. The summed E-state index contributed by atoms with van der Waals surface area (Å²) in [6.07, 6.45) is 6.23. The maximum atomic E-state index is 12.0. The van der Waals surface area contributed by atoms with Crippen LogP contribution >= 0.6 is 0 Å². The Balaban J connectivity index is 1.69. The van der Waals surface area contributed by atoms with Gasteiger partial charge in [-0.05, 0) is 25.7 Å². The third-order valence-corrected chi connectivity index (χ3v) is 3.79. The standard InChI is InChI=1S/C13H19N5O3/c19-7-10-3-4-11(21-10)18-9-15-12(16-13(18)20)14-8-17-5-1-2-6-17/h8-11,19H,1-7H2/b14-8+. The number of nitrogens with zero attached hydrogens (tertiary/aromatic N) is 5. The molecular formula is C13H19N5O3. The second-order valence-electron chi connectivity index (χ2n) is 5.31. The molecule has 2 saturated heterocycles. The van der Waals surface area contributed by atoms with Crippen molar-refractivity contribution < 1.29 is 9.84 Å². The van der Waals surface area contributed by atoms with Gasteiger partial charge in [-0.1, -0.05) is 0 Å². The lowest BCUT2D eigenvalue weighted by Gasteiger charge is -2.13. The minimum Gasteiger partial charge on any atom is -0.394 e. The second-order valence-corrected chi connectivity index (χ2v) is 5.31. The highest BCUT2D eigenvalue weighted by atomic mass is 16.5. The van der Waals surface area contributed by atoms with Crippen molar-refractivity contribution in [2.45, 2.75) is 38.0 Å². The summed E-state index contributed by atoms with van der Waals surface area (Å²) in [5.74, 6) is 0.167. The van der Waals surface area contributed by atoms with E-state index in [0.29, 0.717) is 6.42 Å². The normalized spacial score (nSPS) is 26.0. The first-order chi connectivity index (χ1) is 10.3. The summed E-state index contributed by atoms with van der Waals surface area (Å²) in [5.41, 5.74) is -0.429. The molecule has 1 aromatic rings. The zero-order chi connectivity index (χ0) is 14.7. The molecule has 0 aromatic carbocycles. The van der Waals surface area contributed by atoms with Crippen molar-refractivity contribution in [2.24, 2.45) is 4.99 Å². The molecular weight excluding hydrogens is 274 g/mol. The molecule has 0 saturated carbocycles. The fraction of sp³-hybridized carbons (Fsp3) is 0.692. The highest BCUT2D eigenvalue weighted by molar-refractivity contribution is 5.58. The van der Waals surface area contributed by atoms with E-state index >= 15 is 0 Å². The molecule has 0 bridgehead atoms. The van der Waals surface area contributed by atoms with Crippen molar-refractivity contribution in [1.29, 1.82) is 0 Å². The number of ether oxygens (including phenoxy) is 1. The van der Waals surface area contributed by atoms with Crippen LogP contribution in [0, 0.1) is 0 Å². The Morgan fingerprint density at radius 2 is 2.24 bits per heavy atom. The molecule has 1 N–H and O–H groups in total. The summed E-state index contributed by atoms with van der Waals surface area (Å²) in [6.45, 7) is 1.93. The smallest absolute Gasteiger partial charge is 0.354 e. The van der Waals surface area contributed by atoms with Crippen molar-refractivity contribution in [3.8, 4) is 0 Å². The Kier molecular flexibility index (Phi) is 4.26. The first-order valence-corrected chi connectivity index (χ1v) is 7.26. The maximum absolute atomic E-state index is 12.0. The average molecular weight is 293 g/mol. The van der Waals surface area contributed by atoms with Crippen LogP contribution in [0.4, 0.5) is 5.95 Å². The van der Waals surface area contributed by atoms with Crippen LogP contribution < -0.4 is 5.69 Å². The molecule has 2 fully saturated rings. The monoisotopic (exact) mass is 293 g/mol. The zero-order valence-corrected chi connectivity index (χ0v) is 11.8. The van der Waals surface area contributed by atoms with E-state index in [1.165, 1.54) is 23.7 Å². The molecule has 2 aliphatic rings. The lowest BCUT2D eigenvalue weighted by molar-refractivity contribution is -0.0250. The minimum atomic E-state index is -0.429. The lowest BCUT2D eigenvalue weighted by Crippen LogP contribution is -2.28. The van der Waals surface area contributed by atoms with E-state index in [-0.39, 0.29) is 18.7 Å². The molecule has 0 amide bonds. The molecule has 114 valence electrons. The molecule has 21 heavy (non-hydrogen) atoms. The lowest BCUT2D eigenvalue weighted by atomic mass is 10.2. The fourth-order valence-electron chi connectivity index (χ4n) is 2.61. The summed E-state index contributed by atoms with van der Waals surface area (Å²) in [6, 6.07) is 0. The molecule has 0 radical (unpaired) electrons. The largest absolute Gasteiger partial charge is 0.394 e. The number of hydrogen-bond donors (Lipinski definition) is 1. The van der Waals surface area contributed by atoms with Crippen molar-refractivity contribution in [2.75, 3.05) is 19.7 Å². The molecule has 2 atom stereocenters. The van der Waals surface area contributed by atoms with Gasteiger partial charge in [0, 0.05) is 13.1 Å². The number of rotatable bonds is 4. The van der Waals surface area contributed by atoms with Gasteiger partial charge >= 0.3 is 5.69 Å². The van der Waals surface area contributed by atoms with E-state index in [1.807, 2.05) is 0 Å². The van der Waals surface area contributed by atoms with Crippen LogP contribution in [0.1, 0.15) is 31.9 Å². The van der Waals surface area contributed by atoms with Gasteiger partial charge in [0.15, 0.2) is 0 Å². The van der Waals surface area contributed by atoms with Crippen LogP contribution in [0.15, 0.2) is 16.1 Å². The highest BCUT2D eigenvalue weighted by Crippen LogP contribution is 2.26. The number of likely N-dealkylation sites (tertiary alicyclic amines) is 1. The van der Waals surface area contributed by atoms with Gasteiger partial charge in [0.2, 0.25) is 0 Å². The number of aromatic nitrogens is 3. The second kappa shape index (κ2) is 6.31. The van der Waals surface area contributed by atoms with Crippen LogP contribution in [0.3, 0.4) is 0 Å². The number of aliphatic imine (C=N–C) groups is 1. The summed E-state index contributed by atoms with van der Waals surface area (Å²) in [7, 11) is 0. The van der Waals surface area contributed by atoms with Gasteiger partial charge in [-0.2, -0.15) is 4.98 Å². The Morgan fingerprint density at radius 3 is 2.90 bits per heavy atom. The summed E-state index contributed by atoms with van der Waals surface area (Å²) in [5, 5.41) is 9.05. The van der Waals surface area contributed by atoms with Crippen molar-refractivity contribution in [3.63, 3.8) is 0 Å². The van der Waals surface area contributed by atoms with E-state index in [1.54, 1.807) is 6.34 Å². The van der Waals surface area contributed by atoms with Crippen LogP contribution in [-0.2, 0) is 4.74 Å². The van der Waals surface area contributed by atoms with Gasteiger partial charge in [0.25, 0.3) is 5.95 Å². The predicted molar refractivity (Wildman–Crippen MR) is 75.5 cm³/mol. The molecule has 8 nitrogen and oxygen atoms in total. The molecule has 2 aliphatic heterocycles. The van der Waals surface area contributed by atoms with Crippen molar-refractivity contribution in [3.05, 3.63) is 16.8 Å². The maximum Gasteiger partial charge on any atom is 0.354 e. The minimum absolute atomic E-state index is 0.0374. The van der Waals surface area contributed by atoms with Crippen LogP contribution in [0.2, 0.25) is 0 Å².